The third-order valence-electron chi connectivity index (χ3n) is 2.64. The zero-order valence-corrected chi connectivity index (χ0v) is 9.58. The standard InChI is InChI=1S/C11H10N6O/c1-7-4-13-16-10(7)15-11(18)8-5-14-17-3-2-12-6-9(8)17/h2-6H,1H3,(H2,13,15,16,18). The van der Waals surface area contributed by atoms with Gasteiger partial charge in [0.2, 0.25) is 0 Å². The Labute approximate surface area is 102 Å². The van der Waals surface area contributed by atoms with Crippen LogP contribution >= 0.6 is 0 Å². The van der Waals surface area contributed by atoms with Crippen LogP contribution in [0.25, 0.3) is 5.52 Å². The first kappa shape index (κ1) is 10.5. The van der Waals surface area contributed by atoms with Crippen molar-refractivity contribution < 1.29 is 4.79 Å². The average Bonchev–Trinajstić information content (AvgIpc) is 2.96. The Morgan fingerprint density at radius 1 is 1.39 bits per heavy atom. The number of amides is 1. The number of hydrogen-bond acceptors (Lipinski definition) is 4. The Bertz CT molecular complexity index is 713. The molecule has 3 rings (SSSR count). The summed E-state index contributed by atoms with van der Waals surface area (Å²) in [6, 6.07) is 0. The van der Waals surface area contributed by atoms with Crippen LogP contribution in [0, 0.1) is 6.92 Å². The lowest BCUT2D eigenvalue weighted by molar-refractivity contribution is 0.102. The van der Waals surface area contributed by atoms with E-state index in [1.54, 1.807) is 29.3 Å². The molecular formula is C11H10N6O. The molecule has 0 spiro atoms. The number of carbonyl (C=O) groups excluding carboxylic acids is 1. The van der Waals surface area contributed by atoms with Gasteiger partial charge < -0.3 is 5.32 Å². The predicted molar refractivity (Wildman–Crippen MR) is 64.3 cm³/mol. The molecule has 0 bridgehead atoms. The van der Waals surface area contributed by atoms with Gasteiger partial charge in [-0.2, -0.15) is 10.2 Å². The second-order valence-electron chi connectivity index (χ2n) is 3.85. The van der Waals surface area contributed by atoms with E-state index in [1.165, 1.54) is 6.20 Å². The van der Waals surface area contributed by atoms with Crippen LogP contribution in [-0.2, 0) is 0 Å². The molecule has 7 heteroatoms. The number of aromatic nitrogens is 5. The van der Waals surface area contributed by atoms with Gasteiger partial charge in [0.05, 0.1) is 29.7 Å². The topological polar surface area (TPSA) is 88.0 Å². The van der Waals surface area contributed by atoms with E-state index in [1.807, 2.05) is 6.92 Å². The van der Waals surface area contributed by atoms with Crippen LogP contribution in [-0.4, -0.2) is 30.7 Å². The van der Waals surface area contributed by atoms with Gasteiger partial charge in [-0.15, -0.1) is 0 Å². The largest absolute Gasteiger partial charge is 0.307 e. The summed E-state index contributed by atoms with van der Waals surface area (Å²) in [5, 5.41) is 13.4. The van der Waals surface area contributed by atoms with Gasteiger partial charge in [0.15, 0.2) is 0 Å². The van der Waals surface area contributed by atoms with E-state index in [0.717, 1.165) is 5.56 Å². The Morgan fingerprint density at radius 2 is 2.28 bits per heavy atom. The van der Waals surface area contributed by atoms with Crippen LogP contribution in [0.15, 0.2) is 31.0 Å². The summed E-state index contributed by atoms with van der Waals surface area (Å²) in [7, 11) is 0. The van der Waals surface area contributed by atoms with Gasteiger partial charge >= 0.3 is 0 Å². The van der Waals surface area contributed by atoms with Crippen LogP contribution in [0.4, 0.5) is 5.82 Å². The van der Waals surface area contributed by atoms with Crippen molar-refractivity contribution in [3.63, 3.8) is 0 Å². The zero-order chi connectivity index (χ0) is 12.5. The molecule has 7 nitrogen and oxygen atoms in total. The number of rotatable bonds is 2. The van der Waals surface area contributed by atoms with Crippen LogP contribution in [0.3, 0.4) is 0 Å². The molecule has 1 amide bonds. The number of nitrogens with one attached hydrogen (secondary N) is 2. The highest BCUT2D eigenvalue weighted by atomic mass is 16.1. The lowest BCUT2D eigenvalue weighted by Crippen LogP contribution is -2.12. The molecule has 0 saturated heterocycles. The molecule has 0 aliphatic heterocycles. The summed E-state index contributed by atoms with van der Waals surface area (Å²) in [4.78, 5) is 16.1. The van der Waals surface area contributed by atoms with Gasteiger partial charge in [-0.25, -0.2) is 4.52 Å². The second-order valence-corrected chi connectivity index (χ2v) is 3.85. The van der Waals surface area contributed by atoms with Gasteiger partial charge in [-0.3, -0.25) is 14.9 Å². The van der Waals surface area contributed by atoms with Crippen molar-refractivity contribution in [2.75, 3.05) is 5.32 Å². The molecule has 0 radical (unpaired) electrons. The van der Waals surface area contributed by atoms with Crippen LogP contribution in [0.2, 0.25) is 0 Å². The third-order valence-corrected chi connectivity index (χ3v) is 2.64. The first-order chi connectivity index (χ1) is 8.75. The summed E-state index contributed by atoms with van der Waals surface area (Å²) < 4.78 is 1.60. The summed E-state index contributed by atoms with van der Waals surface area (Å²) in [5.74, 6) is 0.341. The van der Waals surface area contributed by atoms with E-state index in [9.17, 15) is 4.79 Å². The normalized spacial score (nSPS) is 10.7. The van der Waals surface area contributed by atoms with E-state index in [0.29, 0.717) is 16.9 Å². The molecule has 3 aromatic rings. The monoisotopic (exact) mass is 242 g/mol. The quantitative estimate of drug-likeness (QED) is 0.702. The van der Waals surface area contributed by atoms with Crippen molar-refractivity contribution in [2.24, 2.45) is 0 Å². The molecule has 0 aromatic carbocycles. The average molecular weight is 242 g/mol. The van der Waals surface area contributed by atoms with Crippen molar-refractivity contribution >= 4 is 17.2 Å². The minimum absolute atomic E-state index is 0.245. The van der Waals surface area contributed by atoms with Crippen molar-refractivity contribution in [2.45, 2.75) is 6.92 Å². The number of nitrogens with zero attached hydrogens (tertiary/aromatic N) is 4. The van der Waals surface area contributed by atoms with Gasteiger partial charge in [0.25, 0.3) is 5.91 Å². The maximum absolute atomic E-state index is 12.1. The third kappa shape index (κ3) is 1.61. The van der Waals surface area contributed by atoms with E-state index >= 15 is 0 Å². The predicted octanol–water partition coefficient (Wildman–Crippen LogP) is 1.01. The molecule has 0 unspecified atom stereocenters. The van der Waals surface area contributed by atoms with Crippen LogP contribution < -0.4 is 5.32 Å². The van der Waals surface area contributed by atoms with Crippen molar-refractivity contribution in [3.05, 3.63) is 42.1 Å². The summed E-state index contributed by atoms with van der Waals surface area (Å²) in [6.07, 6.45) is 8.06. The number of carbonyl (C=O) groups is 1. The molecule has 3 heterocycles. The molecular weight excluding hydrogens is 232 g/mol. The molecule has 18 heavy (non-hydrogen) atoms. The maximum Gasteiger partial charge on any atom is 0.260 e. The molecule has 2 N–H and O–H groups in total. The van der Waals surface area contributed by atoms with Crippen molar-refractivity contribution in [1.82, 2.24) is 24.8 Å². The summed E-state index contributed by atoms with van der Waals surface area (Å²) >= 11 is 0. The fraction of sp³-hybridized carbons (Fsp3) is 0.0909. The number of H-pyrrole nitrogens is 1. The van der Waals surface area contributed by atoms with Gasteiger partial charge in [0, 0.05) is 18.0 Å². The maximum atomic E-state index is 12.1. The van der Waals surface area contributed by atoms with Gasteiger partial charge in [-0.1, -0.05) is 0 Å². The Kier molecular flexibility index (Phi) is 2.30. The number of anilines is 1. The van der Waals surface area contributed by atoms with Crippen molar-refractivity contribution in [1.29, 1.82) is 0 Å². The number of fused-ring (bicyclic) bond motifs is 1. The molecule has 0 atom stereocenters. The van der Waals surface area contributed by atoms with Crippen LogP contribution in [0.5, 0.6) is 0 Å². The molecule has 0 saturated carbocycles. The molecule has 0 fully saturated rings. The van der Waals surface area contributed by atoms with Gasteiger partial charge in [-0.05, 0) is 6.92 Å². The number of aromatic amines is 1. The Hall–Kier alpha value is -2.70. The smallest absolute Gasteiger partial charge is 0.260 e. The molecule has 0 aliphatic rings. The van der Waals surface area contributed by atoms with E-state index in [4.69, 9.17) is 0 Å². The zero-order valence-electron chi connectivity index (χ0n) is 9.58. The minimum atomic E-state index is -0.245. The number of hydrogen-bond donors (Lipinski definition) is 2. The Morgan fingerprint density at radius 3 is 3.06 bits per heavy atom. The molecule has 3 aromatic heterocycles. The number of aryl methyl sites for hydroxylation is 1. The first-order valence-corrected chi connectivity index (χ1v) is 5.34. The minimum Gasteiger partial charge on any atom is -0.307 e. The molecule has 0 aliphatic carbocycles. The lowest BCUT2D eigenvalue weighted by atomic mass is 10.2. The fourth-order valence-electron chi connectivity index (χ4n) is 1.66. The highest BCUT2D eigenvalue weighted by Crippen LogP contribution is 2.13. The SMILES string of the molecule is Cc1cn[nH]c1NC(=O)c1cnn2ccncc12. The van der Waals surface area contributed by atoms with Gasteiger partial charge in [0.1, 0.15) is 5.82 Å². The summed E-state index contributed by atoms with van der Waals surface area (Å²) in [5.41, 5.74) is 2.00. The highest BCUT2D eigenvalue weighted by Gasteiger charge is 2.14. The van der Waals surface area contributed by atoms with E-state index in [2.05, 4.69) is 25.6 Å². The fourth-order valence-corrected chi connectivity index (χ4v) is 1.66. The highest BCUT2D eigenvalue weighted by molar-refractivity contribution is 6.08. The second kappa shape index (κ2) is 3.95. The van der Waals surface area contributed by atoms with E-state index in [-0.39, 0.29) is 5.91 Å². The van der Waals surface area contributed by atoms with Crippen molar-refractivity contribution in [3.8, 4) is 0 Å². The molecule has 90 valence electrons. The Balaban J connectivity index is 1.95. The van der Waals surface area contributed by atoms with Crippen LogP contribution in [0.1, 0.15) is 15.9 Å². The first-order valence-electron chi connectivity index (χ1n) is 5.34. The van der Waals surface area contributed by atoms with E-state index < -0.39 is 0 Å². The lowest BCUT2D eigenvalue weighted by Gasteiger charge is -2.01. The summed E-state index contributed by atoms with van der Waals surface area (Å²) in [6.45, 7) is 1.86.